The first-order valence-electron chi connectivity index (χ1n) is 9.57. The van der Waals surface area contributed by atoms with E-state index in [1.165, 1.54) is 0 Å². The van der Waals surface area contributed by atoms with Crippen molar-refractivity contribution in [2.45, 2.75) is 69.1 Å². The number of rotatable bonds is 6. The smallest absolute Gasteiger partial charge is 0.224 e. The predicted octanol–water partition coefficient (Wildman–Crippen LogP) is 4.01. The van der Waals surface area contributed by atoms with Gasteiger partial charge < -0.3 is 4.90 Å². The molecule has 1 saturated heterocycles. The van der Waals surface area contributed by atoms with E-state index in [1.54, 1.807) is 0 Å². The van der Waals surface area contributed by atoms with Crippen molar-refractivity contribution in [1.82, 2.24) is 4.90 Å². The predicted molar refractivity (Wildman–Crippen MR) is 105 cm³/mol. The number of hydrogen-bond acceptors (Lipinski definition) is 3. The highest BCUT2D eigenvalue weighted by atomic mass is 35.5. The van der Waals surface area contributed by atoms with E-state index in [0.29, 0.717) is 13.0 Å². The van der Waals surface area contributed by atoms with Crippen molar-refractivity contribution in [2.24, 2.45) is 0 Å². The second kappa shape index (κ2) is 7.89. The summed E-state index contributed by atoms with van der Waals surface area (Å²) in [4.78, 5) is 14.7. The van der Waals surface area contributed by atoms with Gasteiger partial charge in [0.25, 0.3) is 0 Å². The van der Waals surface area contributed by atoms with Crippen LogP contribution < -0.4 is 0 Å². The Kier molecular flexibility index (Phi) is 5.97. The third-order valence-electron chi connectivity index (χ3n) is 5.99. The topological polar surface area (TPSA) is 54.5 Å². The summed E-state index contributed by atoms with van der Waals surface area (Å²) in [6, 6.07) is 7.73. The minimum absolute atomic E-state index is 0.0187. The van der Waals surface area contributed by atoms with Crippen LogP contribution in [0.2, 0.25) is 5.02 Å². The maximum atomic E-state index is 12.8. The Balaban J connectivity index is 1.65. The molecule has 0 aromatic heterocycles. The summed E-state index contributed by atoms with van der Waals surface area (Å²) >= 11 is 6.30. The molecule has 2 fully saturated rings. The molecule has 1 aromatic rings. The fourth-order valence-electron chi connectivity index (χ4n) is 4.46. The highest BCUT2D eigenvalue weighted by molar-refractivity contribution is 7.92. The molecule has 3 rings (SSSR count). The highest BCUT2D eigenvalue weighted by Crippen LogP contribution is 2.35. The number of carbonyl (C=O) groups excluding carboxylic acids is 1. The van der Waals surface area contributed by atoms with Crippen molar-refractivity contribution < 1.29 is 13.2 Å². The van der Waals surface area contributed by atoms with Crippen LogP contribution in [0.5, 0.6) is 0 Å². The summed E-state index contributed by atoms with van der Waals surface area (Å²) in [7, 11) is -3.16. The molecule has 1 amide bonds. The summed E-state index contributed by atoms with van der Waals surface area (Å²) in [5.74, 6) is -0.0616. The number of nitrogens with zero attached hydrogens (tertiary/aromatic N) is 1. The number of benzene rings is 1. The van der Waals surface area contributed by atoms with Gasteiger partial charge in [0.15, 0.2) is 9.84 Å². The van der Waals surface area contributed by atoms with Crippen LogP contribution in [-0.4, -0.2) is 42.3 Å². The molecule has 0 N–H and O–H groups in total. The molecule has 1 atom stereocenters. The minimum Gasteiger partial charge on any atom is -0.337 e. The van der Waals surface area contributed by atoms with Crippen molar-refractivity contribution in [3.05, 3.63) is 34.9 Å². The number of hydrogen-bond donors (Lipinski definition) is 0. The first-order chi connectivity index (χ1) is 12.3. The second-order valence-electron chi connectivity index (χ2n) is 7.94. The van der Waals surface area contributed by atoms with E-state index in [2.05, 4.69) is 6.92 Å². The molecule has 2 aliphatic rings. The molecule has 1 unspecified atom stereocenters. The summed E-state index contributed by atoms with van der Waals surface area (Å²) in [6.45, 7) is 2.79. The first kappa shape index (κ1) is 19.7. The third-order valence-corrected chi connectivity index (χ3v) is 8.62. The lowest BCUT2D eigenvalue weighted by molar-refractivity contribution is -0.134. The molecule has 1 aromatic carbocycles. The maximum Gasteiger partial charge on any atom is 0.224 e. The number of halogens is 1. The Morgan fingerprint density at radius 2 is 1.92 bits per heavy atom. The van der Waals surface area contributed by atoms with Crippen LogP contribution in [0, 0.1) is 0 Å². The Labute approximate surface area is 161 Å². The zero-order chi connectivity index (χ0) is 18.8. The lowest BCUT2D eigenvalue weighted by Gasteiger charge is -2.36. The second-order valence-corrected chi connectivity index (χ2v) is 10.7. The molecule has 0 bridgehead atoms. The Morgan fingerprint density at radius 3 is 2.62 bits per heavy atom. The van der Waals surface area contributed by atoms with Gasteiger partial charge in [0, 0.05) is 23.5 Å². The monoisotopic (exact) mass is 397 g/mol. The Morgan fingerprint density at radius 1 is 1.23 bits per heavy atom. The largest absolute Gasteiger partial charge is 0.337 e. The van der Waals surface area contributed by atoms with Gasteiger partial charge in [0.2, 0.25) is 5.91 Å². The van der Waals surface area contributed by atoms with E-state index in [1.807, 2.05) is 29.2 Å². The Hall–Kier alpha value is -1.07. The van der Waals surface area contributed by atoms with E-state index in [0.717, 1.165) is 49.1 Å². The number of amides is 1. The van der Waals surface area contributed by atoms with Crippen molar-refractivity contribution >= 4 is 27.3 Å². The molecule has 144 valence electrons. The summed E-state index contributed by atoms with van der Waals surface area (Å²) in [6.07, 6.45) is 6.14. The molecule has 1 heterocycles. The van der Waals surface area contributed by atoms with Crippen LogP contribution in [0.15, 0.2) is 24.3 Å². The number of likely N-dealkylation sites (tertiary alicyclic amines) is 1. The average molecular weight is 398 g/mol. The quantitative estimate of drug-likeness (QED) is 0.728. The molecule has 1 aliphatic heterocycles. The molecule has 26 heavy (non-hydrogen) atoms. The van der Waals surface area contributed by atoms with E-state index >= 15 is 0 Å². The molecule has 6 heteroatoms. The molecule has 0 radical (unpaired) electrons. The summed E-state index contributed by atoms with van der Waals surface area (Å²) in [5, 5.41) is 0.486. The molecular weight excluding hydrogens is 370 g/mol. The van der Waals surface area contributed by atoms with Gasteiger partial charge in [-0.1, -0.05) is 42.6 Å². The van der Waals surface area contributed by atoms with Gasteiger partial charge in [-0.3, -0.25) is 4.79 Å². The lowest BCUT2D eigenvalue weighted by Crippen LogP contribution is -2.47. The molecule has 1 saturated carbocycles. The average Bonchev–Trinajstić information content (AvgIpc) is 3.25. The third kappa shape index (κ3) is 4.25. The lowest BCUT2D eigenvalue weighted by atomic mass is 9.90. The number of carbonyl (C=O) groups is 1. The van der Waals surface area contributed by atoms with Crippen molar-refractivity contribution in [2.75, 3.05) is 12.3 Å². The van der Waals surface area contributed by atoms with E-state index in [4.69, 9.17) is 11.6 Å². The zero-order valence-electron chi connectivity index (χ0n) is 15.4. The van der Waals surface area contributed by atoms with Gasteiger partial charge in [-0.2, -0.15) is 0 Å². The van der Waals surface area contributed by atoms with Crippen LogP contribution >= 0.6 is 11.6 Å². The van der Waals surface area contributed by atoms with Crippen molar-refractivity contribution in [3.8, 4) is 0 Å². The van der Waals surface area contributed by atoms with Crippen LogP contribution in [-0.2, 0) is 21.1 Å². The number of sulfone groups is 1. The highest BCUT2D eigenvalue weighted by Gasteiger charge is 2.40. The van der Waals surface area contributed by atoms with E-state index < -0.39 is 9.84 Å². The van der Waals surface area contributed by atoms with Gasteiger partial charge in [-0.05, 0) is 50.7 Å². The molecule has 4 nitrogen and oxygen atoms in total. The SMILES string of the molecule is CC1(Cc2ccccc2Cl)CCCN1C(=O)CCS(=O)(=O)C1CCCC1. The van der Waals surface area contributed by atoms with Gasteiger partial charge in [0.1, 0.15) is 0 Å². The van der Waals surface area contributed by atoms with Crippen molar-refractivity contribution in [3.63, 3.8) is 0 Å². The molecule has 1 aliphatic carbocycles. The van der Waals surface area contributed by atoms with Gasteiger partial charge in [0.05, 0.1) is 11.0 Å². The Bertz CT molecular complexity index is 758. The van der Waals surface area contributed by atoms with E-state index in [9.17, 15) is 13.2 Å². The van der Waals surface area contributed by atoms with Gasteiger partial charge >= 0.3 is 0 Å². The van der Waals surface area contributed by atoms with Crippen LogP contribution in [0.25, 0.3) is 0 Å². The van der Waals surface area contributed by atoms with E-state index in [-0.39, 0.29) is 28.9 Å². The molecule has 0 spiro atoms. The van der Waals surface area contributed by atoms with Crippen LogP contribution in [0.4, 0.5) is 0 Å². The molecular formula is C20H28ClNO3S. The van der Waals surface area contributed by atoms with Gasteiger partial charge in [-0.25, -0.2) is 8.42 Å². The van der Waals surface area contributed by atoms with Gasteiger partial charge in [-0.15, -0.1) is 0 Å². The fourth-order valence-corrected chi connectivity index (χ4v) is 6.51. The standard InChI is InChI=1S/C20H28ClNO3S/c1-20(15-16-7-2-5-10-18(16)21)12-6-13-22(20)19(23)11-14-26(24,25)17-8-3-4-9-17/h2,5,7,10,17H,3-4,6,8-9,11-15H2,1H3. The van der Waals surface area contributed by atoms with Crippen LogP contribution in [0.1, 0.15) is 57.4 Å². The minimum atomic E-state index is -3.16. The summed E-state index contributed by atoms with van der Waals surface area (Å²) < 4.78 is 24.9. The first-order valence-corrected chi connectivity index (χ1v) is 11.7. The van der Waals surface area contributed by atoms with Crippen LogP contribution in [0.3, 0.4) is 0 Å². The fraction of sp³-hybridized carbons (Fsp3) is 0.650. The maximum absolute atomic E-state index is 12.8. The summed E-state index contributed by atoms with van der Waals surface area (Å²) in [5.41, 5.74) is 0.745. The zero-order valence-corrected chi connectivity index (χ0v) is 17.0. The normalized spacial score (nSPS) is 24.3. The van der Waals surface area contributed by atoms with Crippen molar-refractivity contribution in [1.29, 1.82) is 0 Å².